The number of rotatable bonds is 5. The average Bonchev–Trinajstić information content (AvgIpc) is 3.18. The quantitative estimate of drug-likeness (QED) is 0.739. The van der Waals surface area contributed by atoms with Gasteiger partial charge in [0.25, 0.3) is 0 Å². The fourth-order valence-electron chi connectivity index (χ4n) is 3.09. The maximum atomic E-state index is 12.2. The average molecular weight is 375 g/mol. The molecule has 1 fully saturated rings. The molecule has 0 bridgehead atoms. The lowest BCUT2D eigenvalue weighted by Gasteiger charge is -2.26. The predicted octanol–water partition coefficient (Wildman–Crippen LogP) is 2.28. The molecule has 1 aliphatic rings. The number of aromatic nitrogens is 1. The Morgan fingerprint density at radius 2 is 2.19 bits per heavy atom. The highest BCUT2D eigenvalue weighted by Crippen LogP contribution is 2.27. The van der Waals surface area contributed by atoms with Crippen LogP contribution in [0.25, 0.3) is 11.1 Å². The summed E-state index contributed by atoms with van der Waals surface area (Å²) < 4.78 is 10.9. The van der Waals surface area contributed by atoms with Crippen molar-refractivity contribution in [2.24, 2.45) is 5.92 Å². The molecule has 3 N–H and O–H groups in total. The topological polar surface area (TPSA) is 114 Å². The van der Waals surface area contributed by atoms with E-state index in [1.165, 1.54) is 0 Å². The molecule has 3 atom stereocenters. The maximum Gasteiger partial charge on any atom is 0.407 e. The van der Waals surface area contributed by atoms with Crippen LogP contribution in [-0.2, 0) is 9.53 Å². The molecule has 1 unspecified atom stereocenters. The van der Waals surface area contributed by atoms with Gasteiger partial charge in [-0.1, -0.05) is 12.1 Å². The Balaban J connectivity index is 1.80. The Hall–Kier alpha value is -2.61. The van der Waals surface area contributed by atoms with Crippen LogP contribution >= 0.6 is 0 Å². The first-order valence-electron chi connectivity index (χ1n) is 9.04. The Kier molecular flexibility index (Phi) is 5.36. The number of para-hydroxylation sites is 2. The van der Waals surface area contributed by atoms with Gasteiger partial charge in [-0.2, -0.15) is 0 Å². The lowest BCUT2D eigenvalue weighted by Crippen LogP contribution is -2.44. The van der Waals surface area contributed by atoms with E-state index in [1.54, 1.807) is 32.9 Å². The fourth-order valence-corrected chi connectivity index (χ4v) is 3.09. The summed E-state index contributed by atoms with van der Waals surface area (Å²) >= 11 is 0. The molecule has 1 aliphatic heterocycles. The third-order valence-corrected chi connectivity index (χ3v) is 4.35. The highest BCUT2D eigenvalue weighted by molar-refractivity contribution is 5.80. The third-order valence-electron chi connectivity index (χ3n) is 4.35. The number of aliphatic hydroxyl groups is 1. The van der Waals surface area contributed by atoms with E-state index in [4.69, 9.17) is 9.15 Å². The zero-order valence-electron chi connectivity index (χ0n) is 15.7. The summed E-state index contributed by atoms with van der Waals surface area (Å²) in [7, 11) is 0. The van der Waals surface area contributed by atoms with Crippen LogP contribution in [0, 0.1) is 5.92 Å². The number of amides is 2. The number of oxazole rings is 1. The minimum Gasteiger partial charge on any atom is -0.444 e. The van der Waals surface area contributed by atoms with Crippen LogP contribution < -0.4 is 10.6 Å². The van der Waals surface area contributed by atoms with Gasteiger partial charge < -0.3 is 24.9 Å². The molecule has 3 rings (SSSR count). The van der Waals surface area contributed by atoms with Crippen molar-refractivity contribution < 1.29 is 23.8 Å². The van der Waals surface area contributed by atoms with E-state index in [0.29, 0.717) is 24.1 Å². The molecular weight excluding hydrogens is 350 g/mol. The van der Waals surface area contributed by atoms with Crippen molar-refractivity contribution in [3.05, 3.63) is 30.2 Å². The summed E-state index contributed by atoms with van der Waals surface area (Å²) in [4.78, 5) is 28.5. The van der Waals surface area contributed by atoms with Crippen molar-refractivity contribution in [1.82, 2.24) is 15.6 Å². The summed E-state index contributed by atoms with van der Waals surface area (Å²) in [6.07, 6.45) is -0.976. The van der Waals surface area contributed by atoms with Crippen LogP contribution in [0.2, 0.25) is 0 Å². The number of aliphatic hydroxyl groups excluding tert-OH is 1. The summed E-state index contributed by atoms with van der Waals surface area (Å²) in [5, 5.41) is 16.3. The molecule has 2 heterocycles. The smallest absolute Gasteiger partial charge is 0.407 e. The molecule has 8 heteroatoms. The minimum absolute atomic E-state index is 0.0873. The number of nitrogens with zero attached hydrogens (tertiary/aromatic N) is 1. The molecule has 27 heavy (non-hydrogen) atoms. The van der Waals surface area contributed by atoms with Crippen LogP contribution in [-0.4, -0.2) is 40.3 Å². The number of hydrogen-bond donors (Lipinski definition) is 3. The van der Waals surface area contributed by atoms with E-state index in [0.717, 1.165) is 0 Å². The molecular formula is C19H25N3O5. The standard InChI is InChI=1S/C19H25N3O5/c1-19(2,3)27-18(25)22-13(10-11-8-9-20-16(11)24)15(23)17-21-12-6-4-5-7-14(12)26-17/h4-7,11,13,15,23H,8-10H2,1-3H3,(H,20,24)(H,22,25)/t11-,13-,15?/m0/s1. The van der Waals surface area contributed by atoms with Gasteiger partial charge in [-0.25, -0.2) is 9.78 Å². The Morgan fingerprint density at radius 1 is 1.44 bits per heavy atom. The number of ether oxygens (including phenoxy) is 1. The third kappa shape index (κ3) is 4.77. The Morgan fingerprint density at radius 3 is 2.81 bits per heavy atom. The zero-order valence-corrected chi connectivity index (χ0v) is 15.7. The largest absolute Gasteiger partial charge is 0.444 e. The highest BCUT2D eigenvalue weighted by Gasteiger charge is 2.34. The molecule has 1 aromatic heterocycles. The SMILES string of the molecule is CC(C)(C)OC(=O)N[C@@H](C[C@@H]1CCNC1=O)C(O)c1nc2ccccc2o1. The lowest BCUT2D eigenvalue weighted by atomic mass is 9.95. The molecule has 146 valence electrons. The van der Waals surface area contributed by atoms with Crippen LogP contribution in [0.5, 0.6) is 0 Å². The number of fused-ring (bicyclic) bond motifs is 1. The number of nitrogens with one attached hydrogen (secondary N) is 2. The van der Waals surface area contributed by atoms with E-state index in [-0.39, 0.29) is 24.1 Å². The van der Waals surface area contributed by atoms with Gasteiger partial charge in [0.15, 0.2) is 11.7 Å². The molecule has 1 aromatic carbocycles. The fraction of sp³-hybridized carbons (Fsp3) is 0.526. The van der Waals surface area contributed by atoms with Crippen molar-refractivity contribution in [3.8, 4) is 0 Å². The first-order valence-corrected chi connectivity index (χ1v) is 9.04. The second kappa shape index (κ2) is 7.56. The molecule has 8 nitrogen and oxygen atoms in total. The van der Waals surface area contributed by atoms with Gasteiger partial charge in [0, 0.05) is 12.5 Å². The van der Waals surface area contributed by atoms with Gasteiger partial charge in [-0.05, 0) is 45.7 Å². The first kappa shape index (κ1) is 19.2. The van der Waals surface area contributed by atoms with Gasteiger partial charge in [0.05, 0.1) is 6.04 Å². The monoisotopic (exact) mass is 375 g/mol. The van der Waals surface area contributed by atoms with Gasteiger partial charge in [0.2, 0.25) is 11.8 Å². The van der Waals surface area contributed by atoms with Crippen molar-refractivity contribution >= 4 is 23.1 Å². The molecule has 1 saturated heterocycles. The van der Waals surface area contributed by atoms with Crippen molar-refractivity contribution in [2.45, 2.75) is 51.4 Å². The van der Waals surface area contributed by atoms with E-state index in [9.17, 15) is 14.7 Å². The number of carbonyl (C=O) groups excluding carboxylic acids is 2. The second-order valence-electron chi connectivity index (χ2n) is 7.73. The van der Waals surface area contributed by atoms with Crippen LogP contribution in [0.4, 0.5) is 4.79 Å². The summed E-state index contributed by atoms with van der Waals surface area (Å²) in [6.45, 7) is 5.84. The molecule has 0 radical (unpaired) electrons. The van der Waals surface area contributed by atoms with Gasteiger partial charge in [0.1, 0.15) is 11.1 Å². The van der Waals surface area contributed by atoms with E-state index < -0.39 is 23.8 Å². The molecule has 0 saturated carbocycles. The van der Waals surface area contributed by atoms with Crippen LogP contribution in [0.15, 0.2) is 28.7 Å². The number of carbonyl (C=O) groups is 2. The van der Waals surface area contributed by atoms with E-state index >= 15 is 0 Å². The molecule has 0 aliphatic carbocycles. The Labute approximate surface area is 157 Å². The predicted molar refractivity (Wildman–Crippen MR) is 97.9 cm³/mol. The van der Waals surface area contributed by atoms with Crippen molar-refractivity contribution in [1.29, 1.82) is 0 Å². The molecule has 2 aromatic rings. The van der Waals surface area contributed by atoms with Gasteiger partial charge >= 0.3 is 6.09 Å². The van der Waals surface area contributed by atoms with Crippen molar-refractivity contribution in [3.63, 3.8) is 0 Å². The van der Waals surface area contributed by atoms with Crippen LogP contribution in [0.3, 0.4) is 0 Å². The summed E-state index contributed by atoms with van der Waals surface area (Å²) in [6, 6.07) is 6.37. The van der Waals surface area contributed by atoms with Gasteiger partial charge in [-0.3, -0.25) is 4.79 Å². The van der Waals surface area contributed by atoms with E-state index in [1.807, 2.05) is 12.1 Å². The minimum atomic E-state index is -1.21. The Bertz CT molecular complexity index is 793. The van der Waals surface area contributed by atoms with Crippen molar-refractivity contribution in [2.75, 3.05) is 6.54 Å². The number of benzene rings is 1. The summed E-state index contributed by atoms with van der Waals surface area (Å²) in [5.74, 6) is -0.296. The summed E-state index contributed by atoms with van der Waals surface area (Å²) in [5.41, 5.74) is 0.476. The molecule has 0 spiro atoms. The number of alkyl carbamates (subject to hydrolysis) is 1. The normalized spacial score (nSPS) is 19.6. The van der Waals surface area contributed by atoms with E-state index in [2.05, 4.69) is 15.6 Å². The zero-order chi connectivity index (χ0) is 19.6. The molecule has 2 amide bonds. The second-order valence-corrected chi connectivity index (χ2v) is 7.73. The van der Waals surface area contributed by atoms with Gasteiger partial charge in [-0.15, -0.1) is 0 Å². The van der Waals surface area contributed by atoms with Crippen LogP contribution in [0.1, 0.15) is 45.6 Å². The lowest BCUT2D eigenvalue weighted by molar-refractivity contribution is -0.123. The maximum absolute atomic E-state index is 12.2. The first-order chi connectivity index (χ1) is 12.7. The highest BCUT2D eigenvalue weighted by atomic mass is 16.6. The number of hydrogen-bond acceptors (Lipinski definition) is 6.